The molecule has 3 aromatic rings. The molecule has 0 spiro atoms. The van der Waals surface area contributed by atoms with Gasteiger partial charge in [-0.3, -0.25) is 14.7 Å². The molecule has 0 aliphatic carbocycles. The van der Waals surface area contributed by atoms with Crippen LogP contribution in [0, 0.1) is 0 Å². The maximum absolute atomic E-state index is 12.6. The number of pyridine rings is 1. The van der Waals surface area contributed by atoms with Gasteiger partial charge in [-0.2, -0.15) is 0 Å². The first-order valence-electron chi connectivity index (χ1n) is 9.12. The summed E-state index contributed by atoms with van der Waals surface area (Å²) in [5, 5.41) is 0. The SMILES string of the molecule is CN(C)c1ccc(CN2CCc3nc(-c4ccccn4)[nH]c(=O)c3C2)cc1. The summed E-state index contributed by atoms with van der Waals surface area (Å²) in [6.07, 6.45) is 2.48. The summed E-state index contributed by atoms with van der Waals surface area (Å²) in [6.45, 7) is 2.34. The molecule has 1 N–H and O–H groups in total. The lowest BCUT2D eigenvalue weighted by atomic mass is 10.1. The molecule has 0 saturated heterocycles. The van der Waals surface area contributed by atoms with Gasteiger partial charge < -0.3 is 9.88 Å². The van der Waals surface area contributed by atoms with E-state index in [2.05, 4.69) is 49.0 Å². The molecule has 0 atom stereocenters. The van der Waals surface area contributed by atoms with Crippen LogP contribution in [-0.4, -0.2) is 40.5 Å². The summed E-state index contributed by atoms with van der Waals surface area (Å²) < 4.78 is 0. The smallest absolute Gasteiger partial charge is 0.255 e. The molecule has 2 aromatic heterocycles. The average molecular weight is 361 g/mol. The monoisotopic (exact) mass is 361 g/mol. The van der Waals surface area contributed by atoms with Gasteiger partial charge in [0.25, 0.3) is 5.56 Å². The Morgan fingerprint density at radius 1 is 1.15 bits per heavy atom. The van der Waals surface area contributed by atoms with Gasteiger partial charge in [0.2, 0.25) is 0 Å². The summed E-state index contributed by atoms with van der Waals surface area (Å²) in [5.74, 6) is 0.548. The zero-order chi connectivity index (χ0) is 18.8. The maximum Gasteiger partial charge on any atom is 0.255 e. The molecule has 0 radical (unpaired) electrons. The third-order valence-corrected chi connectivity index (χ3v) is 4.91. The molecule has 0 bridgehead atoms. The van der Waals surface area contributed by atoms with Crippen LogP contribution in [0.3, 0.4) is 0 Å². The van der Waals surface area contributed by atoms with Crippen molar-refractivity contribution in [1.29, 1.82) is 0 Å². The Kier molecular flexibility index (Phi) is 4.73. The number of hydrogen-bond acceptors (Lipinski definition) is 5. The zero-order valence-corrected chi connectivity index (χ0v) is 15.6. The van der Waals surface area contributed by atoms with Gasteiger partial charge in [0.15, 0.2) is 5.82 Å². The first-order chi connectivity index (χ1) is 13.1. The van der Waals surface area contributed by atoms with Crippen LogP contribution in [0.5, 0.6) is 0 Å². The lowest BCUT2D eigenvalue weighted by molar-refractivity contribution is 0.242. The van der Waals surface area contributed by atoms with Crippen LogP contribution in [0.4, 0.5) is 5.69 Å². The molecular weight excluding hydrogens is 338 g/mol. The lowest BCUT2D eigenvalue weighted by Gasteiger charge is -2.27. The number of aromatic amines is 1. The highest BCUT2D eigenvalue weighted by molar-refractivity contribution is 5.49. The van der Waals surface area contributed by atoms with Crippen LogP contribution in [0.25, 0.3) is 11.5 Å². The Balaban J connectivity index is 1.52. The van der Waals surface area contributed by atoms with E-state index < -0.39 is 0 Å². The van der Waals surface area contributed by atoms with Crippen LogP contribution in [-0.2, 0) is 19.5 Å². The van der Waals surface area contributed by atoms with Crippen molar-refractivity contribution in [2.75, 3.05) is 25.5 Å². The summed E-state index contributed by atoms with van der Waals surface area (Å²) in [4.78, 5) is 28.8. The topological polar surface area (TPSA) is 65.1 Å². The highest BCUT2D eigenvalue weighted by Crippen LogP contribution is 2.20. The van der Waals surface area contributed by atoms with Crippen LogP contribution in [0.15, 0.2) is 53.5 Å². The molecule has 3 heterocycles. The molecule has 1 aliphatic heterocycles. The predicted octanol–water partition coefficient (Wildman–Crippen LogP) is 2.46. The van der Waals surface area contributed by atoms with Crippen LogP contribution in [0.2, 0.25) is 0 Å². The number of aromatic nitrogens is 3. The van der Waals surface area contributed by atoms with Gasteiger partial charge in [-0.1, -0.05) is 18.2 Å². The lowest BCUT2D eigenvalue weighted by Crippen LogP contribution is -2.35. The van der Waals surface area contributed by atoms with Gasteiger partial charge in [0.1, 0.15) is 5.69 Å². The Labute approximate surface area is 158 Å². The van der Waals surface area contributed by atoms with E-state index in [0.717, 1.165) is 30.8 Å². The number of benzene rings is 1. The van der Waals surface area contributed by atoms with E-state index in [0.29, 0.717) is 18.1 Å². The van der Waals surface area contributed by atoms with E-state index in [1.165, 1.54) is 11.3 Å². The molecule has 0 saturated carbocycles. The summed E-state index contributed by atoms with van der Waals surface area (Å²) in [6, 6.07) is 14.2. The minimum atomic E-state index is -0.0618. The predicted molar refractivity (Wildman–Crippen MR) is 107 cm³/mol. The van der Waals surface area contributed by atoms with Crippen LogP contribution < -0.4 is 10.5 Å². The van der Waals surface area contributed by atoms with Crippen LogP contribution in [0.1, 0.15) is 16.8 Å². The van der Waals surface area contributed by atoms with Crippen molar-refractivity contribution < 1.29 is 0 Å². The first kappa shape index (κ1) is 17.4. The van der Waals surface area contributed by atoms with Crippen molar-refractivity contribution in [2.24, 2.45) is 0 Å². The Morgan fingerprint density at radius 2 is 1.96 bits per heavy atom. The Hall–Kier alpha value is -2.99. The van der Waals surface area contributed by atoms with Crippen LogP contribution >= 0.6 is 0 Å². The molecule has 4 rings (SSSR count). The first-order valence-corrected chi connectivity index (χ1v) is 9.12. The fourth-order valence-electron chi connectivity index (χ4n) is 3.40. The molecule has 0 amide bonds. The molecule has 138 valence electrons. The Morgan fingerprint density at radius 3 is 2.67 bits per heavy atom. The summed E-state index contributed by atoms with van der Waals surface area (Å²) in [5.41, 5.74) is 4.72. The fourth-order valence-corrected chi connectivity index (χ4v) is 3.40. The van der Waals surface area contributed by atoms with E-state index in [1.54, 1.807) is 6.20 Å². The number of rotatable bonds is 4. The van der Waals surface area contributed by atoms with Gasteiger partial charge in [-0.15, -0.1) is 0 Å². The molecule has 6 nitrogen and oxygen atoms in total. The molecule has 0 unspecified atom stereocenters. The quantitative estimate of drug-likeness (QED) is 0.773. The van der Waals surface area contributed by atoms with Gasteiger partial charge in [0, 0.05) is 52.0 Å². The number of nitrogens with one attached hydrogen (secondary N) is 1. The second-order valence-corrected chi connectivity index (χ2v) is 7.08. The highest BCUT2D eigenvalue weighted by atomic mass is 16.1. The standard InChI is InChI=1S/C21H23N5O/c1-25(2)16-8-6-15(7-9-16)13-26-12-10-18-17(14-26)21(27)24-20(23-18)19-5-3-4-11-22-19/h3-9,11H,10,12-14H2,1-2H3,(H,23,24,27). The van der Waals surface area contributed by atoms with Crippen molar-refractivity contribution in [3.8, 4) is 11.5 Å². The third-order valence-electron chi connectivity index (χ3n) is 4.91. The fraction of sp³-hybridized carbons (Fsp3) is 0.286. The molecule has 1 aliphatic rings. The number of hydrogen-bond donors (Lipinski definition) is 1. The molecular formula is C21H23N5O. The van der Waals surface area contributed by atoms with E-state index in [-0.39, 0.29) is 5.56 Å². The van der Waals surface area contributed by atoms with Crippen molar-refractivity contribution in [2.45, 2.75) is 19.5 Å². The highest BCUT2D eigenvalue weighted by Gasteiger charge is 2.21. The Bertz CT molecular complexity index is 980. The molecule has 6 heteroatoms. The van der Waals surface area contributed by atoms with Crippen molar-refractivity contribution in [3.63, 3.8) is 0 Å². The average Bonchev–Trinajstić information content (AvgIpc) is 2.69. The molecule has 27 heavy (non-hydrogen) atoms. The zero-order valence-electron chi connectivity index (χ0n) is 15.6. The number of anilines is 1. The second-order valence-electron chi connectivity index (χ2n) is 7.08. The third kappa shape index (κ3) is 3.75. The van der Waals surface area contributed by atoms with Gasteiger partial charge in [-0.05, 0) is 29.8 Å². The second kappa shape index (κ2) is 7.32. The van der Waals surface area contributed by atoms with Crippen molar-refractivity contribution in [3.05, 3.63) is 75.8 Å². The molecule has 1 aromatic carbocycles. The number of fused-ring (bicyclic) bond motifs is 1. The van der Waals surface area contributed by atoms with E-state index in [1.807, 2.05) is 32.3 Å². The minimum Gasteiger partial charge on any atom is -0.378 e. The summed E-state index contributed by atoms with van der Waals surface area (Å²) in [7, 11) is 4.07. The normalized spacial score (nSPS) is 14.0. The van der Waals surface area contributed by atoms with Gasteiger partial charge in [-0.25, -0.2) is 4.98 Å². The number of H-pyrrole nitrogens is 1. The van der Waals surface area contributed by atoms with Gasteiger partial charge >= 0.3 is 0 Å². The van der Waals surface area contributed by atoms with Gasteiger partial charge in [0.05, 0.1) is 11.3 Å². The maximum atomic E-state index is 12.6. The number of nitrogens with zero attached hydrogens (tertiary/aromatic N) is 4. The van der Waals surface area contributed by atoms with Crippen molar-refractivity contribution in [1.82, 2.24) is 19.9 Å². The van der Waals surface area contributed by atoms with E-state index >= 15 is 0 Å². The van der Waals surface area contributed by atoms with Crippen molar-refractivity contribution >= 4 is 5.69 Å². The minimum absolute atomic E-state index is 0.0618. The molecule has 0 fully saturated rings. The largest absolute Gasteiger partial charge is 0.378 e. The summed E-state index contributed by atoms with van der Waals surface area (Å²) >= 11 is 0. The van der Waals surface area contributed by atoms with E-state index in [4.69, 9.17) is 0 Å². The van der Waals surface area contributed by atoms with E-state index in [9.17, 15) is 4.79 Å².